The number of nitrogens with zero attached hydrogens (tertiary/aromatic N) is 2. The molecular weight excluding hydrogens is 219 g/mol. The van der Waals surface area contributed by atoms with E-state index in [1.165, 1.54) is 22.9 Å². The largest absolute Gasteiger partial charge is 0.294 e. The number of rotatable bonds is 1. The number of aromatic nitrogens is 1. The van der Waals surface area contributed by atoms with Gasteiger partial charge in [0, 0.05) is 6.20 Å². The molecule has 0 amide bonds. The summed E-state index contributed by atoms with van der Waals surface area (Å²) in [5.74, 6) is -0.156. The van der Waals surface area contributed by atoms with Crippen molar-refractivity contribution in [3.63, 3.8) is 0 Å². The fourth-order valence-electron chi connectivity index (χ4n) is 2.32. The van der Waals surface area contributed by atoms with Crippen LogP contribution in [0.3, 0.4) is 0 Å². The van der Waals surface area contributed by atoms with E-state index in [1.807, 2.05) is 14.0 Å². The fourth-order valence-corrected chi connectivity index (χ4v) is 2.32. The third-order valence-electron chi connectivity index (χ3n) is 3.66. The normalized spacial score (nSPS) is 25.1. The summed E-state index contributed by atoms with van der Waals surface area (Å²) in [7, 11) is 1.96. The Kier molecular flexibility index (Phi) is 2.87. The van der Waals surface area contributed by atoms with Crippen LogP contribution >= 0.6 is 0 Å². The molecule has 2 rings (SSSR count). The van der Waals surface area contributed by atoms with Crippen molar-refractivity contribution in [2.75, 3.05) is 13.6 Å². The second-order valence-corrected chi connectivity index (χ2v) is 4.75. The lowest BCUT2D eigenvalue weighted by Gasteiger charge is -2.33. The van der Waals surface area contributed by atoms with Crippen LogP contribution in [0.5, 0.6) is 0 Å². The Labute approximate surface area is 99.7 Å². The Morgan fingerprint density at radius 1 is 1.47 bits per heavy atom. The van der Waals surface area contributed by atoms with E-state index < -0.39 is 11.4 Å². The van der Waals surface area contributed by atoms with Crippen LogP contribution in [-0.4, -0.2) is 34.4 Å². The summed E-state index contributed by atoms with van der Waals surface area (Å²) in [6.45, 7) is 2.90. The van der Waals surface area contributed by atoms with Gasteiger partial charge in [-0.3, -0.25) is 20.3 Å². The highest BCUT2D eigenvalue weighted by Crippen LogP contribution is 2.28. The molecule has 1 aromatic heterocycles. The topological polar surface area (TPSA) is 55.9 Å². The van der Waals surface area contributed by atoms with E-state index in [-0.39, 0.29) is 11.3 Å². The zero-order valence-corrected chi connectivity index (χ0v) is 10.1. The van der Waals surface area contributed by atoms with Crippen LogP contribution in [-0.2, 0) is 0 Å². The first-order chi connectivity index (χ1) is 7.95. The van der Waals surface area contributed by atoms with Crippen molar-refractivity contribution in [2.24, 2.45) is 0 Å². The minimum Gasteiger partial charge on any atom is -0.294 e. The standard InChI is InChI=1S/C12H17FN4/c1-12(6-3-7-16(12)2)11(15)17-8-9(13)4-5-10(17)14/h4-5,8,14-15H,3,6-7H2,1-2H3. The van der Waals surface area contributed by atoms with Gasteiger partial charge in [0.15, 0.2) is 0 Å². The molecule has 5 heteroatoms. The van der Waals surface area contributed by atoms with E-state index in [9.17, 15) is 4.39 Å². The summed E-state index contributed by atoms with van der Waals surface area (Å²) in [4.78, 5) is 2.09. The second kappa shape index (κ2) is 4.07. The molecule has 0 saturated carbocycles. The zero-order valence-electron chi connectivity index (χ0n) is 10.1. The van der Waals surface area contributed by atoms with E-state index >= 15 is 0 Å². The third kappa shape index (κ3) is 1.91. The van der Waals surface area contributed by atoms with Gasteiger partial charge in [0.25, 0.3) is 0 Å². The maximum Gasteiger partial charge on any atom is 0.140 e. The molecule has 1 aliphatic rings. The molecule has 2 N–H and O–H groups in total. The second-order valence-electron chi connectivity index (χ2n) is 4.75. The molecule has 1 atom stereocenters. The number of halogens is 1. The van der Waals surface area contributed by atoms with Gasteiger partial charge in [0.05, 0.1) is 5.54 Å². The van der Waals surface area contributed by atoms with E-state index in [0.29, 0.717) is 0 Å². The van der Waals surface area contributed by atoms with Crippen LogP contribution in [0.15, 0.2) is 18.3 Å². The molecule has 1 aliphatic heterocycles. The van der Waals surface area contributed by atoms with Crippen molar-refractivity contribution in [1.29, 1.82) is 10.8 Å². The minimum absolute atomic E-state index is 0.137. The van der Waals surface area contributed by atoms with Gasteiger partial charge in [-0.15, -0.1) is 0 Å². The molecular formula is C12H17FN4. The first-order valence-electron chi connectivity index (χ1n) is 5.68. The Balaban J connectivity index is 2.44. The van der Waals surface area contributed by atoms with Crippen LogP contribution in [0, 0.1) is 16.6 Å². The van der Waals surface area contributed by atoms with Crippen molar-refractivity contribution < 1.29 is 4.39 Å². The van der Waals surface area contributed by atoms with Crippen molar-refractivity contribution in [1.82, 2.24) is 9.47 Å². The van der Waals surface area contributed by atoms with Gasteiger partial charge in [0.1, 0.15) is 17.1 Å². The first-order valence-corrected chi connectivity index (χ1v) is 5.68. The van der Waals surface area contributed by atoms with Gasteiger partial charge >= 0.3 is 0 Å². The average molecular weight is 236 g/mol. The Morgan fingerprint density at radius 3 is 2.76 bits per heavy atom. The third-order valence-corrected chi connectivity index (χ3v) is 3.66. The van der Waals surface area contributed by atoms with Crippen LogP contribution in [0.25, 0.3) is 0 Å². The molecule has 92 valence electrons. The molecule has 0 aliphatic carbocycles. The molecule has 1 fully saturated rings. The maximum absolute atomic E-state index is 13.2. The molecule has 4 nitrogen and oxygen atoms in total. The van der Waals surface area contributed by atoms with Gasteiger partial charge in [-0.25, -0.2) is 4.39 Å². The predicted octanol–water partition coefficient (Wildman–Crippen LogP) is 1.42. The van der Waals surface area contributed by atoms with Crippen LogP contribution in [0.4, 0.5) is 4.39 Å². The van der Waals surface area contributed by atoms with E-state index in [2.05, 4.69) is 4.90 Å². The summed E-state index contributed by atoms with van der Waals surface area (Å²) in [6.07, 6.45) is 3.10. The lowest BCUT2D eigenvalue weighted by atomic mass is 9.97. The first kappa shape index (κ1) is 12.0. The quantitative estimate of drug-likeness (QED) is 0.562. The number of likely N-dealkylation sites (tertiary alicyclic amines) is 1. The Hall–Kier alpha value is -1.49. The van der Waals surface area contributed by atoms with Crippen molar-refractivity contribution >= 4 is 5.84 Å². The maximum atomic E-state index is 13.2. The average Bonchev–Trinajstić information content (AvgIpc) is 2.63. The lowest BCUT2D eigenvalue weighted by molar-refractivity contribution is 0.266. The van der Waals surface area contributed by atoms with Gasteiger partial charge in [-0.05, 0) is 45.5 Å². The smallest absolute Gasteiger partial charge is 0.140 e. The number of pyridine rings is 1. The predicted molar refractivity (Wildman–Crippen MR) is 63.6 cm³/mol. The van der Waals surface area contributed by atoms with Crippen molar-refractivity contribution in [3.8, 4) is 0 Å². The lowest BCUT2D eigenvalue weighted by Crippen LogP contribution is -2.50. The molecule has 0 radical (unpaired) electrons. The SMILES string of the molecule is CN1CCCC1(C)C(=N)n1cc(F)ccc1=N. The number of likely N-dealkylation sites (N-methyl/N-ethyl adjacent to an activating group) is 1. The van der Waals surface area contributed by atoms with Crippen molar-refractivity contribution in [2.45, 2.75) is 25.3 Å². The summed E-state index contributed by atoms with van der Waals surface area (Å²) < 4.78 is 14.5. The molecule has 1 saturated heterocycles. The fraction of sp³-hybridized carbons (Fsp3) is 0.500. The van der Waals surface area contributed by atoms with Crippen LogP contribution in [0.1, 0.15) is 19.8 Å². The van der Waals surface area contributed by atoms with Gasteiger partial charge in [-0.1, -0.05) is 0 Å². The van der Waals surface area contributed by atoms with Crippen LogP contribution in [0.2, 0.25) is 0 Å². The molecule has 1 unspecified atom stereocenters. The number of hydrogen-bond donors (Lipinski definition) is 2. The molecule has 0 spiro atoms. The molecule has 2 heterocycles. The van der Waals surface area contributed by atoms with E-state index in [4.69, 9.17) is 10.8 Å². The van der Waals surface area contributed by atoms with Gasteiger partial charge < -0.3 is 0 Å². The summed E-state index contributed by atoms with van der Waals surface area (Å²) in [5, 5.41) is 16.0. The monoisotopic (exact) mass is 236 g/mol. The van der Waals surface area contributed by atoms with Gasteiger partial charge in [0.2, 0.25) is 0 Å². The van der Waals surface area contributed by atoms with E-state index in [0.717, 1.165) is 19.4 Å². The highest BCUT2D eigenvalue weighted by molar-refractivity contribution is 5.90. The zero-order chi connectivity index (χ0) is 12.6. The Bertz CT molecular complexity index is 507. The van der Waals surface area contributed by atoms with Crippen molar-refractivity contribution in [3.05, 3.63) is 29.6 Å². The highest BCUT2D eigenvalue weighted by Gasteiger charge is 2.39. The number of hydrogen-bond acceptors (Lipinski definition) is 3. The molecule has 0 aromatic carbocycles. The summed E-state index contributed by atoms with van der Waals surface area (Å²) in [6, 6.07) is 2.62. The molecule has 17 heavy (non-hydrogen) atoms. The molecule has 1 aromatic rings. The number of nitrogens with one attached hydrogen (secondary N) is 2. The molecule has 0 bridgehead atoms. The summed E-state index contributed by atoms with van der Waals surface area (Å²) in [5.41, 5.74) is -0.272. The minimum atomic E-state index is -0.421. The van der Waals surface area contributed by atoms with Crippen LogP contribution < -0.4 is 5.49 Å². The Morgan fingerprint density at radius 2 is 2.18 bits per heavy atom. The van der Waals surface area contributed by atoms with E-state index in [1.54, 1.807) is 0 Å². The summed E-state index contributed by atoms with van der Waals surface area (Å²) >= 11 is 0. The van der Waals surface area contributed by atoms with Gasteiger partial charge in [-0.2, -0.15) is 0 Å². The highest BCUT2D eigenvalue weighted by atomic mass is 19.1.